The van der Waals surface area contributed by atoms with E-state index in [1.54, 1.807) is 6.08 Å². The molecule has 2 amide bonds. The number of nitrogens with zero attached hydrogens (tertiary/aromatic N) is 1. The number of nitrogens with one attached hydrogen (secondary N) is 2. The Morgan fingerprint density at radius 3 is 2.47 bits per heavy atom. The van der Waals surface area contributed by atoms with Gasteiger partial charge in [-0.2, -0.15) is 4.31 Å². The average molecular weight is 440 g/mol. The van der Waals surface area contributed by atoms with E-state index in [1.165, 1.54) is 35.5 Å². The Hall–Kier alpha value is -2.27. The van der Waals surface area contributed by atoms with Crippen molar-refractivity contribution in [3.8, 4) is 0 Å². The van der Waals surface area contributed by atoms with Gasteiger partial charge in [-0.05, 0) is 37.1 Å². The smallest absolute Gasteiger partial charge is 0.271 e. The second-order valence-corrected chi connectivity index (χ2v) is 8.52. The summed E-state index contributed by atoms with van der Waals surface area (Å²) in [6, 6.07) is 5.87. The van der Waals surface area contributed by atoms with Gasteiger partial charge in [0.15, 0.2) is 6.29 Å². The van der Waals surface area contributed by atoms with Crippen molar-refractivity contribution in [2.45, 2.75) is 51.2 Å². The Morgan fingerprint density at radius 2 is 1.87 bits per heavy atom. The molecule has 9 nitrogen and oxygen atoms in total. The highest BCUT2D eigenvalue weighted by Crippen LogP contribution is 2.22. The van der Waals surface area contributed by atoms with Gasteiger partial charge in [0.1, 0.15) is 0 Å². The number of ether oxygens (including phenoxy) is 1. The number of amides is 2. The van der Waals surface area contributed by atoms with Gasteiger partial charge in [-0.3, -0.25) is 9.59 Å². The van der Waals surface area contributed by atoms with E-state index in [2.05, 4.69) is 10.8 Å². The summed E-state index contributed by atoms with van der Waals surface area (Å²) in [7, 11) is -3.76. The minimum absolute atomic E-state index is 0.0451. The van der Waals surface area contributed by atoms with Crippen LogP contribution in [-0.2, 0) is 29.2 Å². The molecule has 0 aliphatic carbocycles. The molecule has 1 aromatic rings. The zero-order chi connectivity index (χ0) is 22.1. The van der Waals surface area contributed by atoms with E-state index >= 15 is 0 Å². The van der Waals surface area contributed by atoms with Gasteiger partial charge >= 0.3 is 0 Å². The molecule has 2 aliphatic rings. The van der Waals surface area contributed by atoms with Crippen LogP contribution in [0.4, 0.5) is 5.69 Å². The maximum absolute atomic E-state index is 12.8. The summed E-state index contributed by atoms with van der Waals surface area (Å²) in [4.78, 5) is 28.6. The second-order valence-electron chi connectivity index (χ2n) is 6.58. The lowest BCUT2D eigenvalue weighted by atomic mass is 10.2. The standard InChI is InChI=1S/C18H23N3O6S.C2H6/c1-13(22)19-15-5-7-16(8-6-15)28(24,25)21-10-9-14(12-21)18(23)20-27-17-4-2-3-11-26-17;1-2/h5-9,17H,2-4,10-12H2,1H3,(H,19,22)(H,20,23);1-2H3. The molecule has 10 heteroatoms. The molecule has 1 unspecified atom stereocenters. The van der Waals surface area contributed by atoms with Crippen LogP contribution in [0.2, 0.25) is 0 Å². The Balaban J connectivity index is 0.00000155. The van der Waals surface area contributed by atoms with Crippen molar-refractivity contribution in [1.82, 2.24) is 9.79 Å². The van der Waals surface area contributed by atoms with E-state index < -0.39 is 22.2 Å². The quantitative estimate of drug-likeness (QED) is 0.657. The predicted molar refractivity (Wildman–Crippen MR) is 112 cm³/mol. The topological polar surface area (TPSA) is 114 Å². The van der Waals surface area contributed by atoms with Crippen LogP contribution < -0.4 is 10.8 Å². The van der Waals surface area contributed by atoms with Crippen molar-refractivity contribution < 1.29 is 27.6 Å². The molecule has 1 aromatic carbocycles. The second kappa shape index (κ2) is 11.2. The third kappa shape index (κ3) is 6.36. The van der Waals surface area contributed by atoms with Crippen molar-refractivity contribution in [2.75, 3.05) is 25.0 Å². The Bertz CT molecular complexity index is 861. The summed E-state index contributed by atoms with van der Waals surface area (Å²) in [6.45, 7) is 6.02. The third-order valence-electron chi connectivity index (χ3n) is 4.41. The highest BCUT2D eigenvalue weighted by atomic mass is 32.2. The summed E-state index contributed by atoms with van der Waals surface area (Å²) in [6.07, 6.45) is 3.73. The fourth-order valence-electron chi connectivity index (χ4n) is 2.93. The van der Waals surface area contributed by atoms with Gasteiger partial charge < -0.3 is 10.1 Å². The van der Waals surface area contributed by atoms with Gasteiger partial charge in [0.2, 0.25) is 15.9 Å². The lowest BCUT2D eigenvalue weighted by Crippen LogP contribution is -2.36. The molecular weight excluding hydrogens is 410 g/mol. The predicted octanol–water partition coefficient (Wildman–Crippen LogP) is 2.18. The normalized spacial score (nSPS) is 19.3. The monoisotopic (exact) mass is 439 g/mol. The third-order valence-corrected chi connectivity index (χ3v) is 6.24. The van der Waals surface area contributed by atoms with Gasteiger partial charge in [0.05, 0.1) is 4.90 Å². The average Bonchev–Trinajstić information content (AvgIpc) is 3.25. The van der Waals surface area contributed by atoms with Crippen LogP contribution in [0.5, 0.6) is 0 Å². The molecule has 0 spiro atoms. The Kier molecular flexibility index (Phi) is 8.97. The van der Waals surface area contributed by atoms with Gasteiger partial charge in [-0.25, -0.2) is 18.7 Å². The number of hydrogen-bond donors (Lipinski definition) is 2. The van der Waals surface area contributed by atoms with Crippen molar-refractivity contribution >= 4 is 27.5 Å². The number of sulfonamides is 1. The first-order valence-electron chi connectivity index (χ1n) is 10.0. The molecular formula is C20H29N3O6S. The van der Waals surface area contributed by atoms with Crippen LogP contribution in [0, 0.1) is 0 Å². The van der Waals surface area contributed by atoms with Crippen molar-refractivity contribution in [2.24, 2.45) is 0 Å². The van der Waals surface area contributed by atoms with Gasteiger partial charge in [0, 0.05) is 44.3 Å². The number of hydroxylamine groups is 1. The highest BCUT2D eigenvalue weighted by Gasteiger charge is 2.30. The van der Waals surface area contributed by atoms with Crippen molar-refractivity contribution in [3.05, 3.63) is 35.9 Å². The molecule has 3 rings (SSSR count). The van der Waals surface area contributed by atoms with E-state index in [1.807, 2.05) is 13.8 Å². The van der Waals surface area contributed by atoms with Gasteiger partial charge in [-0.1, -0.05) is 19.9 Å². The van der Waals surface area contributed by atoms with E-state index in [0.717, 1.165) is 12.8 Å². The van der Waals surface area contributed by atoms with Crippen molar-refractivity contribution in [1.29, 1.82) is 0 Å². The lowest BCUT2D eigenvalue weighted by Gasteiger charge is -2.22. The molecule has 30 heavy (non-hydrogen) atoms. The van der Waals surface area contributed by atoms with Crippen LogP contribution >= 0.6 is 0 Å². The summed E-state index contributed by atoms with van der Waals surface area (Å²) >= 11 is 0. The maximum atomic E-state index is 12.8. The zero-order valence-corrected chi connectivity index (χ0v) is 18.3. The van der Waals surface area contributed by atoms with E-state index in [-0.39, 0.29) is 23.9 Å². The minimum atomic E-state index is -3.76. The van der Waals surface area contributed by atoms with E-state index in [9.17, 15) is 18.0 Å². The van der Waals surface area contributed by atoms with Crippen molar-refractivity contribution in [3.63, 3.8) is 0 Å². The molecule has 2 aliphatic heterocycles. The Morgan fingerprint density at radius 1 is 1.17 bits per heavy atom. The fourth-order valence-corrected chi connectivity index (χ4v) is 4.29. The largest absolute Gasteiger partial charge is 0.350 e. The number of carbonyl (C=O) groups excluding carboxylic acids is 2. The number of hydrogen-bond acceptors (Lipinski definition) is 6. The fraction of sp³-hybridized carbons (Fsp3) is 0.500. The molecule has 0 aromatic heterocycles. The minimum Gasteiger partial charge on any atom is -0.350 e. The maximum Gasteiger partial charge on any atom is 0.271 e. The molecule has 0 bridgehead atoms. The highest BCUT2D eigenvalue weighted by molar-refractivity contribution is 7.89. The first kappa shape index (κ1) is 24.0. The molecule has 1 atom stereocenters. The number of rotatable bonds is 6. The van der Waals surface area contributed by atoms with Crippen LogP contribution in [0.15, 0.2) is 40.8 Å². The molecule has 1 saturated heterocycles. The van der Waals surface area contributed by atoms with Crippen LogP contribution in [-0.4, -0.2) is 50.5 Å². The SMILES string of the molecule is CC.CC(=O)Nc1ccc(S(=O)(=O)N2CC=C(C(=O)NOC3CCCCO3)C2)cc1. The molecule has 166 valence electrons. The summed E-state index contributed by atoms with van der Waals surface area (Å²) in [5, 5.41) is 2.58. The molecule has 0 saturated carbocycles. The van der Waals surface area contributed by atoms with Crippen LogP contribution in [0.3, 0.4) is 0 Å². The van der Waals surface area contributed by atoms with E-state index in [4.69, 9.17) is 9.57 Å². The molecule has 1 fully saturated rings. The zero-order valence-electron chi connectivity index (χ0n) is 17.5. The lowest BCUT2D eigenvalue weighted by molar-refractivity contribution is -0.198. The van der Waals surface area contributed by atoms with Gasteiger partial charge in [-0.15, -0.1) is 0 Å². The summed E-state index contributed by atoms with van der Waals surface area (Å²) < 4.78 is 32.1. The summed E-state index contributed by atoms with van der Waals surface area (Å²) in [5.74, 6) is -0.719. The molecule has 0 radical (unpaired) electrons. The number of benzene rings is 1. The molecule has 2 N–H and O–H groups in total. The van der Waals surface area contributed by atoms with Crippen LogP contribution in [0.1, 0.15) is 40.0 Å². The molecule has 2 heterocycles. The first-order valence-corrected chi connectivity index (χ1v) is 11.4. The van der Waals surface area contributed by atoms with Crippen LogP contribution in [0.25, 0.3) is 0 Å². The van der Waals surface area contributed by atoms with Gasteiger partial charge in [0.25, 0.3) is 5.91 Å². The summed E-state index contributed by atoms with van der Waals surface area (Å²) in [5.41, 5.74) is 3.16. The number of anilines is 1. The first-order chi connectivity index (χ1) is 14.4. The Labute approximate surface area is 177 Å². The van der Waals surface area contributed by atoms with E-state index in [0.29, 0.717) is 24.3 Å². The number of carbonyl (C=O) groups is 2.